The maximum atomic E-state index is 2.21. The van der Waals surface area contributed by atoms with Crippen molar-refractivity contribution in [1.29, 1.82) is 0 Å². The van der Waals surface area contributed by atoms with Gasteiger partial charge in [-0.15, -0.1) is 0 Å². The largest absolute Gasteiger partial charge is 0.0683 e. The van der Waals surface area contributed by atoms with Crippen LogP contribution in [-0.2, 0) is 0 Å². The van der Waals surface area contributed by atoms with Crippen LogP contribution < -0.4 is 10.6 Å². The van der Waals surface area contributed by atoms with E-state index < -0.39 is 0 Å². The molecule has 0 nitrogen and oxygen atoms in total. The summed E-state index contributed by atoms with van der Waals surface area (Å²) in [6.45, 7) is 10.1. The van der Waals surface area contributed by atoms with Crippen molar-refractivity contribution in [2.45, 2.75) is 34.6 Å². The first-order valence-corrected chi connectivity index (χ1v) is 7.73. The second-order valence-electron chi connectivity index (χ2n) is 3.36. The van der Waals surface area contributed by atoms with E-state index >= 15 is 0 Å². The topological polar surface area (TPSA) is 0 Å². The first-order valence-electron chi connectivity index (χ1n) is 6.73. The highest BCUT2D eigenvalue weighted by Crippen LogP contribution is 2.10. The van der Waals surface area contributed by atoms with Crippen molar-refractivity contribution in [3.63, 3.8) is 0 Å². The molecule has 1 unspecified atom stereocenters. The summed E-state index contributed by atoms with van der Waals surface area (Å²) in [6, 6.07) is 19.4. The van der Waals surface area contributed by atoms with Gasteiger partial charge in [-0.25, -0.2) is 0 Å². The summed E-state index contributed by atoms with van der Waals surface area (Å²) in [5.74, 6) is 0. The monoisotopic (exact) mass is 260 g/mol. The Balaban J connectivity index is 0.000000659. The molecule has 1 heteroatoms. The van der Waals surface area contributed by atoms with Crippen molar-refractivity contribution in [3.8, 4) is 0 Å². The third-order valence-corrected chi connectivity index (χ3v) is 3.36. The Morgan fingerprint density at radius 1 is 0.611 bits per heavy atom. The molecule has 0 saturated carbocycles. The molecular formula is C17H25P. The summed E-state index contributed by atoms with van der Waals surface area (Å²) in [7, 11) is 0.773. The van der Waals surface area contributed by atoms with Crippen molar-refractivity contribution in [2.75, 3.05) is 0 Å². The van der Waals surface area contributed by atoms with Gasteiger partial charge in [0.05, 0.1) is 0 Å². The van der Waals surface area contributed by atoms with Crippen LogP contribution in [0.2, 0.25) is 0 Å². The summed E-state index contributed by atoms with van der Waals surface area (Å²) < 4.78 is 0. The lowest BCUT2D eigenvalue weighted by Crippen LogP contribution is -2.01. The molecule has 0 aliphatic carbocycles. The molecule has 0 bridgehead atoms. The normalized spacial score (nSPS) is 9.17. The molecule has 18 heavy (non-hydrogen) atoms. The molecule has 0 spiro atoms. The lowest BCUT2D eigenvalue weighted by atomic mass is 10.2. The van der Waals surface area contributed by atoms with E-state index in [1.165, 1.54) is 16.2 Å². The van der Waals surface area contributed by atoms with Crippen molar-refractivity contribution in [1.82, 2.24) is 0 Å². The number of hydrogen-bond acceptors (Lipinski definition) is 0. The van der Waals surface area contributed by atoms with Crippen molar-refractivity contribution >= 4 is 19.2 Å². The van der Waals surface area contributed by atoms with Crippen LogP contribution in [0.1, 0.15) is 33.3 Å². The average Bonchev–Trinajstić information content (AvgIpc) is 2.47. The molecule has 0 aliphatic rings. The molecule has 2 aromatic carbocycles. The van der Waals surface area contributed by atoms with Crippen LogP contribution in [0.15, 0.2) is 54.6 Å². The lowest BCUT2D eigenvalue weighted by molar-refractivity contribution is 1.49. The van der Waals surface area contributed by atoms with Crippen molar-refractivity contribution < 1.29 is 0 Å². The fourth-order valence-electron chi connectivity index (χ4n) is 1.33. The third kappa shape index (κ3) is 6.57. The van der Waals surface area contributed by atoms with Gasteiger partial charge in [0.15, 0.2) is 0 Å². The van der Waals surface area contributed by atoms with Gasteiger partial charge in [0.1, 0.15) is 0 Å². The zero-order valence-corrected chi connectivity index (χ0v) is 13.2. The Labute approximate surface area is 114 Å². The Morgan fingerprint density at radius 3 is 1.56 bits per heavy atom. The molecule has 0 amide bonds. The SMILES string of the molecule is CC.CC.Cc1ccc(Pc2ccccc2)cc1. The average molecular weight is 260 g/mol. The fraction of sp³-hybridized carbons (Fsp3) is 0.294. The first kappa shape index (κ1) is 16.9. The quantitative estimate of drug-likeness (QED) is 0.688. The highest BCUT2D eigenvalue weighted by Gasteiger charge is 1.94. The number of rotatable bonds is 2. The predicted octanol–water partition coefficient (Wildman–Crippen LogP) is 4.68. The van der Waals surface area contributed by atoms with Gasteiger partial charge >= 0.3 is 0 Å². The van der Waals surface area contributed by atoms with Gasteiger partial charge in [0, 0.05) is 0 Å². The van der Waals surface area contributed by atoms with Crippen molar-refractivity contribution in [2.24, 2.45) is 0 Å². The molecule has 2 aromatic rings. The molecular weight excluding hydrogens is 235 g/mol. The van der Waals surface area contributed by atoms with Crippen LogP contribution in [0.5, 0.6) is 0 Å². The molecule has 0 saturated heterocycles. The van der Waals surface area contributed by atoms with Crippen LogP contribution in [0.3, 0.4) is 0 Å². The highest BCUT2D eigenvalue weighted by atomic mass is 31.1. The maximum absolute atomic E-state index is 2.21. The van der Waals surface area contributed by atoms with E-state index in [2.05, 4.69) is 61.5 Å². The van der Waals surface area contributed by atoms with E-state index in [4.69, 9.17) is 0 Å². The van der Waals surface area contributed by atoms with Gasteiger partial charge in [0.25, 0.3) is 0 Å². The van der Waals surface area contributed by atoms with Crippen LogP contribution in [0.25, 0.3) is 0 Å². The number of benzene rings is 2. The van der Waals surface area contributed by atoms with E-state index in [1.54, 1.807) is 0 Å². The molecule has 1 atom stereocenters. The third-order valence-electron chi connectivity index (χ3n) is 2.11. The Hall–Kier alpha value is -1.13. The summed E-state index contributed by atoms with van der Waals surface area (Å²) in [6.07, 6.45) is 0. The molecule has 0 aliphatic heterocycles. The first-order chi connectivity index (χ1) is 8.84. The zero-order chi connectivity index (χ0) is 13.8. The van der Waals surface area contributed by atoms with Crippen LogP contribution in [0, 0.1) is 6.92 Å². The fourth-order valence-corrected chi connectivity index (χ4v) is 2.35. The second-order valence-corrected chi connectivity index (χ2v) is 4.76. The molecule has 0 radical (unpaired) electrons. The van der Waals surface area contributed by atoms with Gasteiger partial charge in [-0.2, -0.15) is 0 Å². The van der Waals surface area contributed by atoms with Crippen LogP contribution >= 0.6 is 8.58 Å². The molecule has 0 aromatic heterocycles. The Morgan fingerprint density at radius 2 is 1.06 bits per heavy atom. The molecule has 98 valence electrons. The minimum absolute atomic E-state index is 0.773. The molecule has 0 N–H and O–H groups in total. The molecule has 0 heterocycles. The molecule has 2 rings (SSSR count). The van der Waals surface area contributed by atoms with Gasteiger partial charge < -0.3 is 0 Å². The molecule has 0 fully saturated rings. The van der Waals surface area contributed by atoms with Crippen molar-refractivity contribution in [3.05, 3.63) is 60.2 Å². The smallest absolute Gasteiger partial charge is 0.0226 e. The summed E-state index contributed by atoms with van der Waals surface area (Å²) in [5, 5.41) is 2.80. The second kappa shape index (κ2) is 11.0. The van der Waals surface area contributed by atoms with Gasteiger partial charge in [0.2, 0.25) is 0 Å². The summed E-state index contributed by atoms with van der Waals surface area (Å²) in [4.78, 5) is 0. The van der Waals surface area contributed by atoms with E-state index in [0.717, 1.165) is 8.58 Å². The summed E-state index contributed by atoms with van der Waals surface area (Å²) in [5.41, 5.74) is 1.33. The lowest BCUT2D eigenvalue weighted by Gasteiger charge is -2.01. The van der Waals surface area contributed by atoms with Gasteiger partial charge in [-0.05, 0) is 17.5 Å². The standard InChI is InChI=1S/C13H13P.2C2H6/c1-11-7-9-13(10-8-11)14-12-5-3-2-4-6-12;2*1-2/h2-10,14H,1H3;2*1-2H3. The minimum atomic E-state index is 0.773. The Kier molecular flexibility index (Phi) is 10.3. The number of hydrogen-bond donors (Lipinski definition) is 0. The van der Waals surface area contributed by atoms with Crippen LogP contribution in [0.4, 0.5) is 0 Å². The Bertz CT molecular complexity index is 390. The zero-order valence-electron chi connectivity index (χ0n) is 12.2. The van der Waals surface area contributed by atoms with Crippen LogP contribution in [-0.4, -0.2) is 0 Å². The van der Waals surface area contributed by atoms with E-state index in [9.17, 15) is 0 Å². The highest BCUT2D eigenvalue weighted by molar-refractivity contribution is 7.55. The van der Waals surface area contributed by atoms with E-state index in [0.29, 0.717) is 0 Å². The predicted molar refractivity (Wildman–Crippen MR) is 87.9 cm³/mol. The van der Waals surface area contributed by atoms with Gasteiger partial charge in [-0.1, -0.05) is 96.4 Å². The minimum Gasteiger partial charge on any atom is -0.0683 e. The maximum Gasteiger partial charge on any atom is -0.0226 e. The van der Waals surface area contributed by atoms with E-state index in [1.807, 2.05) is 27.7 Å². The van der Waals surface area contributed by atoms with Gasteiger partial charge in [-0.3, -0.25) is 0 Å². The number of aryl methyl sites for hydroxylation is 1. The summed E-state index contributed by atoms with van der Waals surface area (Å²) >= 11 is 0. The van der Waals surface area contributed by atoms with E-state index in [-0.39, 0.29) is 0 Å².